The Hall–Kier alpha value is -1.82. The zero-order valence-corrected chi connectivity index (χ0v) is 8.03. The zero-order chi connectivity index (χ0) is 10.6. The molecule has 0 spiro atoms. The molecule has 0 aliphatic rings. The van der Waals surface area contributed by atoms with Crippen LogP contribution in [0.3, 0.4) is 0 Å². The van der Waals surface area contributed by atoms with Gasteiger partial charge < -0.3 is 10.5 Å². The molecule has 0 amide bonds. The van der Waals surface area contributed by atoms with Gasteiger partial charge in [-0.05, 0) is 24.1 Å². The van der Waals surface area contributed by atoms with Crippen molar-refractivity contribution < 1.29 is 4.79 Å². The third-order valence-electron chi connectivity index (χ3n) is 2.03. The molecule has 3 nitrogen and oxygen atoms in total. The van der Waals surface area contributed by atoms with Crippen LogP contribution in [0.1, 0.15) is 18.1 Å². The fraction of sp³-hybridized carbons (Fsp3) is 0.273. The summed E-state index contributed by atoms with van der Waals surface area (Å²) in [7, 11) is 0. The van der Waals surface area contributed by atoms with Crippen LogP contribution in [0.25, 0.3) is 0 Å². The molecule has 72 valence electrons. The predicted octanol–water partition coefficient (Wildman–Crippen LogP) is 1.52. The summed E-state index contributed by atoms with van der Waals surface area (Å²) in [6.07, 6.45) is 1.58. The second-order valence-corrected chi connectivity index (χ2v) is 3.35. The number of carbonyl (C=O) groups is 1. The summed E-state index contributed by atoms with van der Waals surface area (Å²) in [5, 5.41) is 8.65. The molecule has 1 atom stereocenters. The van der Waals surface area contributed by atoms with E-state index >= 15 is 0 Å². The number of nitrogens with zero attached hydrogens (tertiary/aromatic N) is 1. The van der Waals surface area contributed by atoms with Gasteiger partial charge >= 0.3 is 0 Å². The Morgan fingerprint density at radius 2 is 2.36 bits per heavy atom. The number of anilines is 1. The number of carbonyl (C=O) groups excluding carboxylic acids is 1. The first-order valence-electron chi connectivity index (χ1n) is 4.41. The van der Waals surface area contributed by atoms with E-state index in [1.807, 2.05) is 19.1 Å². The van der Waals surface area contributed by atoms with Crippen molar-refractivity contribution in [3.8, 4) is 6.07 Å². The average molecular weight is 188 g/mol. The molecule has 0 aliphatic heterocycles. The number of rotatable bonds is 3. The maximum Gasteiger partial charge on any atom is 0.123 e. The SMILES string of the molecule is CC(C=O)Cc1ccc(C#N)c(N)c1. The quantitative estimate of drug-likeness (QED) is 0.577. The third kappa shape index (κ3) is 2.33. The molecule has 14 heavy (non-hydrogen) atoms. The third-order valence-corrected chi connectivity index (χ3v) is 2.03. The van der Waals surface area contributed by atoms with Crippen molar-refractivity contribution in [3.63, 3.8) is 0 Å². The molecule has 0 aliphatic carbocycles. The van der Waals surface area contributed by atoms with Crippen LogP contribution in [0.2, 0.25) is 0 Å². The number of nitriles is 1. The Balaban J connectivity index is 2.87. The van der Waals surface area contributed by atoms with E-state index in [1.165, 1.54) is 0 Å². The largest absolute Gasteiger partial charge is 0.398 e. The van der Waals surface area contributed by atoms with Gasteiger partial charge in [-0.25, -0.2) is 0 Å². The van der Waals surface area contributed by atoms with Crippen LogP contribution < -0.4 is 5.73 Å². The standard InChI is InChI=1S/C11H12N2O/c1-8(7-14)4-9-2-3-10(6-12)11(13)5-9/h2-3,5,7-8H,4,13H2,1H3. The molecule has 0 saturated heterocycles. The Morgan fingerprint density at radius 1 is 1.64 bits per heavy atom. The predicted molar refractivity (Wildman–Crippen MR) is 54.5 cm³/mol. The van der Waals surface area contributed by atoms with E-state index in [0.717, 1.165) is 11.8 Å². The van der Waals surface area contributed by atoms with Gasteiger partial charge in [-0.15, -0.1) is 0 Å². The molecular formula is C11H12N2O. The van der Waals surface area contributed by atoms with E-state index in [-0.39, 0.29) is 5.92 Å². The molecule has 1 aromatic rings. The summed E-state index contributed by atoms with van der Waals surface area (Å²) in [6, 6.07) is 7.25. The molecule has 0 heterocycles. The lowest BCUT2D eigenvalue weighted by Gasteiger charge is -2.05. The number of benzene rings is 1. The Labute approximate surface area is 83.2 Å². The van der Waals surface area contributed by atoms with Gasteiger partial charge in [0.05, 0.1) is 5.56 Å². The highest BCUT2D eigenvalue weighted by molar-refractivity contribution is 5.57. The minimum atomic E-state index is -0.0117. The summed E-state index contributed by atoms with van der Waals surface area (Å²) in [4.78, 5) is 10.4. The van der Waals surface area contributed by atoms with E-state index < -0.39 is 0 Å². The van der Waals surface area contributed by atoms with Crippen molar-refractivity contribution in [2.75, 3.05) is 5.73 Å². The number of hydrogen-bond acceptors (Lipinski definition) is 3. The van der Waals surface area contributed by atoms with E-state index in [0.29, 0.717) is 17.7 Å². The number of nitrogens with two attached hydrogens (primary N) is 1. The van der Waals surface area contributed by atoms with Gasteiger partial charge in [0.2, 0.25) is 0 Å². The van der Waals surface area contributed by atoms with E-state index in [1.54, 1.807) is 12.1 Å². The van der Waals surface area contributed by atoms with Crippen molar-refractivity contribution >= 4 is 12.0 Å². The second kappa shape index (κ2) is 4.43. The molecular weight excluding hydrogens is 176 g/mol. The van der Waals surface area contributed by atoms with Crippen LogP contribution in [0.4, 0.5) is 5.69 Å². The van der Waals surface area contributed by atoms with Crippen LogP contribution in [-0.4, -0.2) is 6.29 Å². The Kier molecular flexibility index (Phi) is 3.24. The van der Waals surface area contributed by atoms with Gasteiger partial charge in [-0.1, -0.05) is 13.0 Å². The van der Waals surface area contributed by atoms with Crippen LogP contribution >= 0.6 is 0 Å². The van der Waals surface area contributed by atoms with Gasteiger partial charge in [0.25, 0.3) is 0 Å². The van der Waals surface area contributed by atoms with Gasteiger partial charge in [-0.2, -0.15) is 5.26 Å². The van der Waals surface area contributed by atoms with Crippen molar-refractivity contribution in [2.45, 2.75) is 13.3 Å². The van der Waals surface area contributed by atoms with Crippen molar-refractivity contribution in [1.29, 1.82) is 5.26 Å². The first-order chi connectivity index (χ1) is 6.67. The smallest absolute Gasteiger partial charge is 0.123 e. The van der Waals surface area contributed by atoms with Gasteiger partial charge in [0, 0.05) is 11.6 Å². The van der Waals surface area contributed by atoms with Crippen LogP contribution in [0.15, 0.2) is 18.2 Å². The summed E-state index contributed by atoms with van der Waals surface area (Å²) in [6.45, 7) is 1.85. The highest BCUT2D eigenvalue weighted by Crippen LogP contribution is 2.15. The molecule has 1 rings (SSSR count). The molecule has 1 aromatic carbocycles. The van der Waals surface area contributed by atoms with Gasteiger partial charge in [0.15, 0.2) is 0 Å². The van der Waals surface area contributed by atoms with E-state index in [2.05, 4.69) is 0 Å². The first-order valence-corrected chi connectivity index (χ1v) is 4.41. The lowest BCUT2D eigenvalue weighted by molar-refractivity contribution is -0.110. The van der Waals surface area contributed by atoms with Crippen LogP contribution in [0.5, 0.6) is 0 Å². The minimum Gasteiger partial charge on any atom is -0.398 e. The molecule has 3 heteroatoms. The van der Waals surface area contributed by atoms with Gasteiger partial charge in [-0.3, -0.25) is 0 Å². The summed E-state index contributed by atoms with van der Waals surface area (Å²) in [5.74, 6) is -0.0117. The molecule has 0 bridgehead atoms. The summed E-state index contributed by atoms with van der Waals surface area (Å²) >= 11 is 0. The molecule has 0 radical (unpaired) electrons. The highest BCUT2D eigenvalue weighted by atomic mass is 16.1. The molecule has 0 fully saturated rings. The number of hydrogen-bond donors (Lipinski definition) is 1. The summed E-state index contributed by atoms with van der Waals surface area (Å²) in [5.41, 5.74) is 7.58. The van der Waals surface area contributed by atoms with Crippen LogP contribution in [-0.2, 0) is 11.2 Å². The fourth-order valence-corrected chi connectivity index (χ4v) is 1.26. The number of aldehydes is 1. The fourth-order valence-electron chi connectivity index (χ4n) is 1.26. The zero-order valence-electron chi connectivity index (χ0n) is 8.03. The van der Waals surface area contributed by atoms with Crippen LogP contribution in [0, 0.1) is 17.2 Å². The lowest BCUT2D eigenvalue weighted by Crippen LogP contribution is -2.01. The summed E-state index contributed by atoms with van der Waals surface area (Å²) < 4.78 is 0. The first kappa shape index (κ1) is 10.3. The normalized spacial score (nSPS) is 11.7. The topological polar surface area (TPSA) is 66.9 Å². The van der Waals surface area contributed by atoms with E-state index in [9.17, 15) is 4.79 Å². The Bertz CT molecular complexity index is 379. The van der Waals surface area contributed by atoms with E-state index in [4.69, 9.17) is 11.0 Å². The molecule has 0 saturated carbocycles. The Morgan fingerprint density at radius 3 is 2.86 bits per heavy atom. The highest BCUT2D eigenvalue weighted by Gasteiger charge is 2.04. The van der Waals surface area contributed by atoms with Crippen molar-refractivity contribution in [3.05, 3.63) is 29.3 Å². The second-order valence-electron chi connectivity index (χ2n) is 3.35. The monoisotopic (exact) mass is 188 g/mol. The van der Waals surface area contributed by atoms with Gasteiger partial charge in [0.1, 0.15) is 12.4 Å². The van der Waals surface area contributed by atoms with Crippen molar-refractivity contribution in [2.24, 2.45) is 5.92 Å². The lowest BCUT2D eigenvalue weighted by atomic mass is 10.0. The number of nitrogen functional groups attached to an aromatic ring is 1. The minimum absolute atomic E-state index is 0.0117. The molecule has 2 N–H and O–H groups in total. The molecule has 1 unspecified atom stereocenters. The molecule has 0 aromatic heterocycles. The maximum absolute atomic E-state index is 10.4. The maximum atomic E-state index is 10.4. The average Bonchev–Trinajstić information content (AvgIpc) is 2.18. The van der Waals surface area contributed by atoms with Crippen molar-refractivity contribution in [1.82, 2.24) is 0 Å².